The van der Waals surface area contributed by atoms with Crippen LogP contribution in [0.2, 0.25) is 15.1 Å². The van der Waals surface area contributed by atoms with Crippen LogP contribution in [0.4, 0.5) is 5.69 Å². The number of halogens is 3. The number of ether oxygens (including phenoxy) is 1. The predicted molar refractivity (Wildman–Crippen MR) is 106 cm³/mol. The molecule has 25 heavy (non-hydrogen) atoms. The van der Waals surface area contributed by atoms with Gasteiger partial charge in [-0.25, -0.2) is 0 Å². The zero-order valence-corrected chi connectivity index (χ0v) is 15.6. The molecule has 5 heteroatoms. The van der Waals surface area contributed by atoms with Crippen molar-refractivity contribution in [1.82, 2.24) is 0 Å². The molecule has 0 spiro atoms. The van der Waals surface area contributed by atoms with Crippen molar-refractivity contribution >= 4 is 40.5 Å². The minimum absolute atomic E-state index is 0.333. The first kappa shape index (κ1) is 17.9. The van der Waals surface area contributed by atoms with Gasteiger partial charge in [-0.2, -0.15) is 0 Å². The van der Waals surface area contributed by atoms with E-state index in [2.05, 4.69) is 5.32 Å². The smallest absolute Gasteiger partial charge is 0.143 e. The Kier molecular flexibility index (Phi) is 6.09. The number of rotatable bonds is 6. The Morgan fingerprint density at radius 1 is 0.760 bits per heavy atom. The average molecular weight is 393 g/mol. The van der Waals surface area contributed by atoms with Crippen LogP contribution in [-0.2, 0) is 13.2 Å². The summed E-state index contributed by atoms with van der Waals surface area (Å²) in [5, 5.41) is 5.05. The number of anilines is 1. The number of hydrogen-bond donors (Lipinski definition) is 1. The van der Waals surface area contributed by atoms with Crippen molar-refractivity contribution in [3.63, 3.8) is 0 Å². The number of nitrogens with one attached hydrogen (secondary N) is 1. The molecule has 128 valence electrons. The lowest BCUT2D eigenvalue weighted by molar-refractivity contribution is 0.303. The van der Waals surface area contributed by atoms with Crippen LogP contribution in [0.1, 0.15) is 11.1 Å². The second-order valence-corrected chi connectivity index (χ2v) is 6.73. The summed E-state index contributed by atoms with van der Waals surface area (Å²) in [7, 11) is 0. The molecule has 0 aliphatic carbocycles. The van der Waals surface area contributed by atoms with Gasteiger partial charge >= 0.3 is 0 Å². The number of para-hydroxylation sites is 1. The molecule has 0 saturated heterocycles. The monoisotopic (exact) mass is 391 g/mol. The lowest BCUT2D eigenvalue weighted by Gasteiger charge is -2.15. The van der Waals surface area contributed by atoms with Gasteiger partial charge in [-0.1, -0.05) is 71.2 Å². The van der Waals surface area contributed by atoms with Gasteiger partial charge in [0.05, 0.1) is 5.02 Å². The largest absolute Gasteiger partial charge is 0.487 e. The SMILES string of the molecule is Clc1cc(Cl)c(OCc2ccccc2Cl)c(CNc2ccccc2)c1. The van der Waals surface area contributed by atoms with Crippen molar-refractivity contribution < 1.29 is 4.74 Å². The molecule has 0 saturated carbocycles. The topological polar surface area (TPSA) is 21.3 Å². The van der Waals surface area contributed by atoms with Crippen molar-refractivity contribution in [3.8, 4) is 5.75 Å². The molecule has 3 aromatic rings. The molecule has 0 aromatic heterocycles. The molecule has 0 bridgehead atoms. The Hall–Kier alpha value is -1.87. The second kappa shape index (κ2) is 8.48. The van der Waals surface area contributed by atoms with Crippen LogP contribution in [0.25, 0.3) is 0 Å². The highest BCUT2D eigenvalue weighted by Gasteiger charge is 2.12. The zero-order chi connectivity index (χ0) is 17.6. The minimum atomic E-state index is 0.333. The van der Waals surface area contributed by atoms with Crippen LogP contribution in [0, 0.1) is 0 Å². The van der Waals surface area contributed by atoms with E-state index >= 15 is 0 Å². The Balaban J connectivity index is 1.79. The fourth-order valence-corrected chi connectivity index (χ4v) is 3.21. The van der Waals surface area contributed by atoms with Gasteiger partial charge in [0.1, 0.15) is 12.4 Å². The fraction of sp³-hybridized carbons (Fsp3) is 0.100. The maximum absolute atomic E-state index is 6.35. The summed E-state index contributed by atoms with van der Waals surface area (Å²) in [6.07, 6.45) is 0. The highest BCUT2D eigenvalue weighted by Crippen LogP contribution is 2.34. The summed E-state index contributed by atoms with van der Waals surface area (Å²) < 4.78 is 5.96. The van der Waals surface area contributed by atoms with Gasteiger partial charge in [-0.3, -0.25) is 0 Å². The lowest BCUT2D eigenvalue weighted by Crippen LogP contribution is -2.04. The Bertz CT molecular complexity index is 853. The molecule has 0 heterocycles. The van der Waals surface area contributed by atoms with Crippen LogP contribution < -0.4 is 10.1 Å². The summed E-state index contributed by atoms with van der Waals surface area (Å²) in [6, 6.07) is 21.0. The van der Waals surface area contributed by atoms with E-state index in [-0.39, 0.29) is 0 Å². The first-order valence-electron chi connectivity index (χ1n) is 7.76. The van der Waals surface area contributed by atoms with E-state index in [1.54, 1.807) is 6.07 Å². The van der Waals surface area contributed by atoms with Crippen LogP contribution in [-0.4, -0.2) is 0 Å². The molecule has 0 fully saturated rings. The van der Waals surface area contributed by atoms with Crippen LogP contribution in [0.5, 0.6) is 5.75 Å². The van der Waals surface area contributed by atoms with E-state index in [0.29, 0.717) is 34.0 Å². The van der Waals surface area contributed by atoms with E-state index < -0.39 is 0 Å². The standard InChI is InChI=1S/C20H16Cl3NO/c21-16-10-15(12-24-17-7-2-1-3-8-17)20(19(23)11-16)25-13-14-6-4-5-9-18(14)22/h1-11,24H,12-13H2. The predicted octanol–water partition coefficient (Wildman–Crippen LogP) is 6.84. The van der Waals surface area contributed by atoms with E-state index in [0.717, 1.165) is 16.8 Å². The number of hydrogen-bond acceptors (Lipinski definition) is 2. The van der Waals surface area contributed by atoms with Gasteiger partial charge in [-0.05, 0) is 30.3 Å². The minimum Gasteiger partial charge on any atom is -0.487 e. The summed E-state index contributed by atoms with van der Waals surface area (Å²) in [5.74, 6) is 0.606. The highest BCUT2D eigenvalue weighted by molar-refractivity contribution is 6.35. The zero-order valence-electron chi connectivity index (χ0n) is 13.3. The average Bonchev–Trinajstić information content (AvgIpc) is 2.61. The van der Waals surface area contributed by atoms with Crippen molar-refractivity contribution in [1.29, 1.82) is 0 Å². The van der Waals surface area contributed by atoms with Gasteiger partial charge in [-0.15, -0.1) is 0 Å². The summed E-state index contributed by atoms with van der Waals surface area (Å²) in [4.78, 5) is 0. The van der Waals surface area contributed by atoms with Crippen LogP contribution in [0.3, 0.4) is 0 Å². The molecule has 3 aromatic carbocycles. The highest BCUT2D eigenvalue weighted by atomic mass is 35.5. The molecule has 0 radical (unpaired) electrons. The van der Waals surface area contributed by atoms with Crippen molar-refractivity contribution in [2.45, 2.75) is 13.2 Å². The molecular weight excluding hydrogens is 377 g/mol. The van der Waals surface area contributed by atoms with E-state index in [1.807, 2.05) is 60.7 Å². The molecule has 1 N–H and O–H groups in total. The first-order chi connectivity index (χ1) is 12.1. The molecule has 0 aliphatic heterocycles. The molecule has 3 rings (SSSR count). The molecule has 0 amide bonds. The third kappa shape index (κ3) is 4.82. The lowest BCUT2D eigenvalue weighted by atomic mass is 10.2. The molecule has 0 unspecified atom stereocenters. The van der Waals surface area contributed by atoms with E-state index in [1.165, 1.54) is 0 Å². The molecule has 0 atom stereocenters. The molecule has 0 aliphatic rings. The Morgan fingerprint density at radius 2 is 1.48 bits per heavy atom. The van der Waals surface area contributed by atoms with Crippen molar-refractivity contribution in [3.05, 3.63) is 92.9 Å². The van der Waals surface area contributed by atoms with Gasteiger partial charge in [0.2, 0.25) is 0 Å². The normalized spacial score (nSPS) is 10.5. The molecular formula is C20H16Cl3NO. The first-order valence-corrected chi connectivity index (χ1v) is 8.90. The maximum atomic E-state index is 6.35. The maximum Gasteiger partial charge on any atom is 0.143 e. The third-order valence-corrected chi connectivity index (χ3v) is 4.54. The van der Waals surface area contributed by atoms with Gasteiger partial charge < -0.3 is 10.1 Å². The van der Waals surface area contributed by atoms with Crippen LogP contribution >= 0.6 is 34.8 Å². The third-order valence-electron chi connectivity index (χ3n) is 3.67. The van der Waals surface area contributed by atoms with Gasteiger partial charge in [0.15, 0.2) is 0 Å². The quantitative estimate of drug-likeness (QED) is 0.496. The van der Waals surface area contributed by atoms with Gasteiger partial charge in [0.25, 0.3) is 0 Å². The van der Waals surface area contributed by atoms with Gasteiger partial charge in [0, 0.05) is 33.4 Å². The summed E-state index contributed by atoms with van der Waals surface area (Å²) in [6.45, 7) is 0.876. The van der Waals surface area contributed by atoms with Crippen LogP contribution in [0.15, 0.2) is 66.7 Å². The van der Waals surface area contributed by atoms with E-state index in [9.17, 15) is 0 Å². The van der Waals surface area contributed by atoms with Crippen molar-refractivity contribution in [2.24, 2.45) is 0 Å². The van der Waals surface area contributed by atoms with E-state index in [4.69, 9.17) is 39.5 Å². The summed E-state index contributed by atoms with van der Waals surface area (Å²) >= 11 is 18.7. The Morgan fingerprint density at radius 3 is 2.24 bits per heavy atom. The van der Waals surface area contributed by atoms with Crippen molar-refractivity contribution in [2.75, 3.05) is 5.32 Å². The summed E-state index contributed by atoms with van der Waals surface area (Å²) in [5.41, 5.74) is 2.79. The number of benzene rings is 3. The molecule has 2 nitrogen and oxygen atoms in total. The Labute approximate surface area is 162 Å². The second-order valence-electron chi connectivity index (χ2n) is 5.48. The fourth-order valence-electron chi connectivity index (χ4n) is 2.43.